The van der Waals surface area contributed by atoms with Crippen LogP contribution in [-0.4, -0.2) is 34.7 Å². The molecule has 0 spiro atoms. The van der Waals surface area contributed by atoms with Gasteiger partial charge in [-0.05, 0) is 20.3 Å². The van der Waals surface area contributed by atoms with Crippen molar-refractivity contribution in [2.24, 2.45) is 5.73 Å². The van der Waals surface area contributed by atoms with E-state index < -0.39 is 0 Å². The van der Waals surface area contributed by atoms with E-state index in [4.69, 9.17) is 10.5 Å². The van der Waals surface area contributed by atoms with Crippen LogP contribution in [0.15, 0.2) is 12.4 Å². The van der Waals surface area contributed by atoms with Crippen molar-refractivity contribution < 1.29 is 4.74 Å². The molecule has 1 aromatic heterocycles. The largest absolute Gasteiger partial charge is 0.475 e. The van der Waals surface area contributed by atoms with Gasteiger partial charge in [0.05, 0.1) is 11.6 Å². The number of hydrogen-bond acceptors (Lipinski definition) is 5. The quantitative estimate of drug-likeness (QED) is 0.850. The average molecular weight is 236 g/mol. The Balaban J connectivity index is 2.03. The Morgan fingerprint density at radius 1 is 1.47 bits per heavy atom. The van der Waals surface area contributed by atoms with Crippen LogP contribution in [0.5, 0.6) is 5.88 Å². The van der Waals surface area contributed by atoms with Crippen molar-refractivity contribution in [1.82, 2.24) is 9.97 Å². The second-order valence-electron chi connectivity index (χ2n) is 4.95. The van der Waals surface area contributed by atoms with Gasteiger partial charge in [-0.1, -0.05) is 6.92 Å². The van der Waals surface area contributed by atoms with Gasteiger partial charge in [0.1, 0.15) is 12.1 Å². The second-order valence-corrected chi connectivity index (χ2v) is 4.95. The van der Waals surface area contributed by atoms with Crippen molar-refractivity contribution in [1.29, 1.82) is 0 Å². The molecule has 1 aliphatic rings. The Labute approximate surface area is 102 Å². The zero-order valence-electron chi connectivity index (χ0n) is 10.7. The molecule has 17 heavy (non-hydrogen) atoms. The van der Waals surface area contributed by atoms with Crippen LogP contribution < -0.4 is 15.4 Å². The van der Waals surface area contributed by atoms with E-state index in [0.29, 0.717) is 5.88 Å². The van der Waals surface area contributed by atoms with Gasteiger partial charge in [-0.25, -0.2) is 9.97 Å². The first kappa shape index (κ1) is 12.1. The molecule has 0 bridgehead atoms. The summed E-state index contributed by atoms with van der Waals surface area (Å²) in [5, 5.41) is 0. The standard InChI is InChI=1S/C12H20N4O/c1-4-12(13)6-16(7-12)10-5-11(15-8-14-10)17-9(2)3/h5,8-9H,4,6-7,13H2,1-3H3. The fraction of sp³-hybridized carbons (Fsp3) is 0.667. The fourth-order valence-electron chi connectivity index (χ4n) is 1.91. The molecular weight excluding hydrogens is 216 g/mol. The molecule has 2 heterocycles. The van der Waals surface area contributed by atoms with Gasteiger partial charge in [0, 0.05) is 19.2 Å². The molecule has 1 aliphatic heterocycles. The van der Waals surface area contributed by atoms with Crippen LogP contribution in [0.4, 0.5) is 5.82 Å². The van der Waals surface area contributed by atoms with Crippen LogP contribution >= 0.6 is 0 Å². The number of ether oxygens (including phenoxy) is 1. The minimum absolute atomic E-state index is 0.0516. The molecule has 0 unspecified atom stereocenters. The summed E-state index contributed by atoms with van der Waals surface area (Å²) in [6.07, 6.45) is 2.65. The third-order valence-corrected chi connectivity index (χ3v) is 3.02. The highest BCUT2D eigenvalue weighted by Crippen LogP contribution is 2.27. The maximum absolute atomic E-state index is 6.13. The van der Waals surface area contributed by atoms with Gasteiger partial charge >= 0.3 is 0 Å². The zero-order chi connectivity index (χ0) is 12.5. The predicted octanol–water partition coefficient (Wildman–Crippen LogP) is 1.19. The first-order valence-electron chi connectivity index (χ1n) is 6.05. The lowest BCUT2D eigenvalue weighted by atomic mass is 9.88. The first-order chi connectivity index (χ1) is 8.02. The Kier molecular flexibility index (Phi) is 3.19. The number of nitrogens with two attached hydrogens (primary N) is 1. The van der Waals surface area contributed by atoms with E-state index in [0.717, 1.165) is 25.3 Å². The van der Waals surface area contributed by atoms with E-state index >= 15 is 0 Å². The molecule has 5 nitrogen and oxygen atoms in total. The highest BCUT2D eigenvalue weighted by Gasteiger charge is 2.38. The Morgan fingerprint density at radius 3 is 2.76 bits per heavy atom. The van der Waals surface area contributed by atoms with Gasteiger partial charge in [-0.2, -0.15) is 0 Å². The lowest BCUT2D eigenvalue weighted by molar-refractivity contribution is 0.232. The third kappa shape index (κ3) is 2.66. The summed E-state index contributed by atoms with van der Waals surface area (Å²) in [6.45, 7) is 7.77. The summed E-state index contributed by atoms with van der Waals surface area (Å²) in [6, 6.07) is 1.87. The van der Waals surface area contributed by atoms with E-state index in [1.165, 1.54) is 6.33 Å². The number of aromatic nitrogens is 2. The van der Waals surface area contributed by atoms with Gasteiger partial charge in [0.25, 0.3) is 0 Å². The highest BCUT2D eigenvalue weighted by atomic mass is 16.5. The van der Waals surface area contributed by atoms with Crippen LogP contribution in [0.25, 0.3) is 0 Å². The Bertz CT molecular complexity index is 388. The molecule has 1 aromatic rings. The molecular formula is C12H20N4O. The topological polar surface area (TPSA) is 64.3 Å². The highest BCUT2D eigenvalue weighted by molar-refractivity contribution is 5.46. The van der Waals surface area contributed by atoms with Crippen LogP contribution in [0, 0.1) is 0 Å². The van der Waals surface area contributed by atoms with Gasteiger partial charge in [-0.15, -0.1) is 0 Å². The maximum atomic E-state index is 6.13. The molecule has 2 rings (SSSR count). The van der Waals surface area contributed by atoms with Gasteiger partial charge in [0.15, 0.2) is 0 Å². The van der Waals surface area contributed by atoms with Crippen LogP contribution in [0.2, 0.25) is 0 Å². The molecule has 94 valence electrons. The minimum Gasteiger partial charge on any atom is -0.475 e. The van der Waals surface area contributed by atoms with Crippen molar-refractivity contribution in [3.05, 3.63) is 12.4 Å². The van der Waals surface area contributed by atoms with Crippen LogP contribution in [0.1, 0.15) is 27.2 Å². The monoisotopic (exact) mass is 236 g/mol. The lowest BCUT2D eigenvalue weighted by Crippen LogP contribution is -2.67. The number of hydrogen-bond donors (Lipinski definition) is 1. The number of rotatable bonds is 4. The van der Waals surface area contributed by atoms with E-state index in [1.807, 2.05) is 19.9 Å². The average Bonchev–Trinajstić information content (AvgIpc) is 2.24. The van der Waals surface area contributed by atoms with Crippen LogP contribution in [-0.2, 0) is 0 Å². The summed E-state index contributed by atoms with van der Waals surface area (Å²) in [7, 11) is 0. The van der Waals surface area contributed by atoms with E-state index in [1.54, 1.807) is 0 Å². The summed E-state index contributed by atoms with van der Waals surface area (Å²) in [5.74, 6) is 1.51. The van der Waals surface area contributed by atoms with Gasteiger partial charge < -0.3 is 15.4 Å². The minimum atomic E-state index is -0.0516. The van der Waals surface area contributed by atoms with E-state index in [-0.39, 0.29) is 11.6 Å². The predicted molar refractivity (Wildman–Crippen MR) is 67.2 cm³/mol. The Morgan fingerprint density at radius 2 is 2.18 bits per heavy atom. The molecule has 1 fully saturated rings. The van der Waals surface area contributed by atoms with Crippen molar-refractivity contribution in [3.8, 4) is 5.88 Å². The van der Waals surface area contributed by atoms with Crippen molar-refractivity contribution in [3.63, 3.8) is 0 Å². The number of nitrogens with zero attached hydrogens (tertiary/aromatic N) is 3. The molecule has 0 saturated carbocycles. The Hall–Kier alpha value is -1.36. The molecule has 0 amide bonds. The zero-order valence-corrected chi connectivity index (χ0v) is 10.7. The number of anilines is 1. The maximum Gasteiger partial charge on any atom is 0.218 e. The van der Waals surface area contributed by atoms with E-state index in [9.17, 15) is 0 Å². The first-order valence-corrected chi connectivity index (χ1v) is 6.05. The molecule has 0 aromatic carbocycles. The molecule has 5 heteroatoms. The van der Waals surface area contributed by atoms with Crippen molar-refractivity contribution in [2.75, 3.05) is 18.0 Å². The summed E-state index contributed by atoms with van der Waals surface area (Å²) < 4.78 is 5.54. The normalized spacial score (nSPS) is 18.1. The molecule has 0 atom stereocenters. The molecule has 0 radical (unpaired) electrons. The smallest absolute Gasteiger partial charge is 0.218 e. The summed E-state index contributed by atoms with van der Waals surface area (Å²) in [5.41, 5.74) is 6.08. The third-order valence-electron chi connectivity index (χ3n) is 3.02. The van der Waals surface area contributed by atoms with Crippen molar-refractivity contribution >= 4 is 5.82 Å². The second kappa shape index (κ2) is 4.49. The summed E-state index contributed by atoms with van der Waals surface area (Å²) >= 11 is 0. The fourth-order valence-corrected chi connectivity index (χ4v) is 1.91. The van der Waals surface area contributed by atoms with E-state index in [2.05, 4.69) is 21.8 Å². The molecule has 2 N–H and O–H groups in total. The summed E-state index contributed by atoms with van der Waals surface area (Å²) in [4.78, 5) is 10.5. The SMILES string of the molecule is CCC1(N)CN(c2cc(OC(C)C)ncn2)C1. The van der Waals surface area contributed by atoms with Crippen LogP contribution in [0.3, 0.4) is 0 Å². The van der Waals surface area contributed by atoms with Crippen molar-refractivity contribution in [2.45, 2.75) is 38.8 Å². The van der Waals surface area contributed by atoms with Gasteiger partial charge in [0.2, 0.25) is 5.88 Å². The lowest BCUT2D eigenvalue weighted by Gasteiger charge is -2.48. The van der Waals surface area contributed by atoms with Gasteiger partial charge in [-0.3, -0.25) is 0 Å². The molecule has 0 aliphatic carbocycles. The molecule has 1 saturated heterocycles.